The van der Waals surface area contributed by atoms with Gasteiger partial charge in [-0.2, -0.15) is 0 Å². The van der Waals surface area contributed by atoms with Crippen LogP contribution in [0.1, 0.15) is 21.9 Å². The fourth-order valence-corrected chi connectivity index (χ4v) is 3.59. The highest BCUT2D eigenvalue weighted by atomic mass is 35.5. The van der Waals surface area contributed by atoms with E-state index in [-0.39, 0.29) is 5.91 Å². The smallest absolute Gasteiger partial charge is 0.273 e. The number of benzene rings is 1. The number of aromatic nitrogens is 1. The van der Waals surface area contributed by atoms with Gasteiger partial charge < -0.3 is 19.4 Å². The van der Waals surface area contributed by atoms with Crippen molar-refractivity contribution in [2.24, 2.45) is 0 Å². The van der Waals surface area contributed by atoms with Gasteiger partial charge in [0.05, 0.1) is 19.8 Å². The monoisotopic (exact) mass is 449 g/mol. The highest BCUT2D eigenvalue weighted by Gasteiger charge is 2.17. The van der Waals surface area contributed by atoms with Crippen LogP contribution >= 0.6 is 11.6 Å². The number of morpholine rings is 1. The van der Waals surface area contributed by atoms with Gasteiger partial charge in [0.15, 0.2) is 5.69 Å². The fourth-order valence-electron chi connectivity index (χ4n) is 3.38. The van der Waals surface area contributed by atoms with Gasteiger partial charge in [-0.15, -0.1) is 0 Å². The molecule has 0 radical (unpaired) electrons. The number of amides is 1. The Morgan fingerprint density at radius 2 is 2.03 bits per heavy atom. The SMILES string of the molecule is CN(C)CCNC(=O)c1coc(CN(CCN2CCOCC2)Cc2cccc(Cl)c2)n1. The van der Waals surface area contributed by atoms with Gasteiger partial charge in [0, 0.05) is 50.8 Å². The molecular weight excluding hydrogens is 418 g/mol. The van der Waals surface area contributed by atoms with Crippen molar-refractivity contribution in [3.8, 4) is 0 Å². The van der Waals surface area contributed by atoms with Gasteiger partial charge >= 0.3 is 0 Å². The summed E-state index contributed by atoms with van der Waals surface area (Å²) in [7, 11) is 3.93. The number of halogens is 1. The van der Waals surface area contributed by atoms with Crippen LogP contribution < -0.4 is 5.32 Å². The average molecular weight is 450 g/mol. The van der Waals surface area contributed by atoms with Crippen LogP contribution in [0.5, 0.6) is 0 Å². The largest absolute Gasteiger partial charge is 0.447 e. The van der Waals surface area contributed by atoms with Crippen LogP contribution in [-0.2, 0) is 17.8 Å². The molecule has 1 aliphatic rings. The molecule has 0 unspecified atom stereocenters. The van der Waals surface area contributed by atoms with Gasteiger partial charge in [-0.3, -0.25) is 14.6 Å². The van der Waals surface area contributed by atoms with Crippen LogP contribution in [0.3, 0.4) is 0 Å². The van der Waals surface area contributed by atoms with Crippen LogP contribution in [0.15, 0.2) is 34.9 Å². The topological polar surface area (TPSA) is 74.1 Å². The summed E-state index contributed by atoms with van der Waals surface area (Å²) in [6, 6.07) is 7.87. The van der Waals surface area contributed by atoms with Crippen molar-refractivity contribution >= 4 is 17.5 Å². The first-order valence-corrected chi connectivity index (χ1v) is 11.0. The third-order valence-electron chi connectivity index (χ3n) is 5.12. The summed E-state index contributed by atoms with van der Waals surface area (Å²) in [4.78, 5) is 23.4. The van der Waals surface area contributed by atoms with Crippen LogP contribution in [0.2, 0.25) is 5.02 Å². The lowest BCUT2D eigenvalue weighted by molar-refractivity contribution is 0.0320. The van der Waals surface area contributed by atoms with Crippen molar-refractivity contribution < 1.29 is 13.9 Å². The molecule has 0 bridgehead atoms. The van der Waals surface area contributed by atoms with Crippen molar-refractivity contribution in [1.29, 1.82) is 0 Å². The highest BCUT2D eigenvalue weighted by Crippen LogP contribution is 2.15. The Labute approximate surface area is 189 Å². The molecular formula is C22H32ClN5O3. The molecule has 1 amide bonds. The number of carbonyl (C=O) groups is 1. The number of carbonyl (C=O) groups excluding carboxylic acids is 1. The summed E-state index contributed by atoms with van der Waals surface area (Å²) in [6.45, 7) is 7.80. The first-order valence-electron chi connectivity index (χ1n) is 10.6. The van der Waals surface area contributed by atoms with E-state index in [0.29, 0.717) is 24.7 Å². The molecule has 1 aromatic heterocycles. The van der Waals surface area contributed by atoms with Crippen LogP contribution in [0.4, 0.5) is 0 Å². The Morgan fingerprint density at radius 3 is 2.77 bits per heavy atom. The lowest BCUT2D eigenvalue weighted by atomic mass is 10.2. The molecule has 1 N–H and O–H groups in total. The van der Waals surface area contributed by atoms with Gasteiger partial charge in [-0.1, -0.05) is 23.7 Å². The van der Waals surface area contributed by atoms with Crippen molar-refractivity contribution in [2.45, 2.75) is 13.1 Å². The summed E-state index contributed by atoms with van der Waals surface area (Å²) in [5.41, 5.74) is 1.44. The number of nitrogens with one attached hydrogen (secondary N) is 1. The molecule has 170 valence electrons. The summed E-state index contributed by atoms with van der Waals surface area (Å²) < 4.78 is 11.1. The van der Waals surface area contributed by atoms with E-state index in [1.807, 2.05) is 37.2 Å². The van der Waals surface area contributed by atoms with E-state index in [4.69, 9.17) is 20.8 Å². The first kappa shape index (κ1) is 23.7. The number of nitrogens with zero attached hydrogens (tertiary/aromatic N) is 4. The second-order valence-corrected chi connectivity index (χ2v) is 8.42. The van der Waals surface area contributed by atoms with E-state index in [1.165, 1.54) is 6.26 Å². The molecule has 2 aromatic rings. The van der Waals surface area contributed by atoms with E-state index in [2.05, 4.69) is 26.2 Å². The standard InChI is InChI=1S/C22H32ClN5O3/c1-26(2)7-6-24-22(29)20-17-31-21(25-20)16-28(9-8-27-10-12-30-13-11-27)15-18-4-3-5-19(23)14-18/h3-5,14,17H,6-13,15-16H2,1-2H3,(H,24,29). The number of likely N-dealkylation sites (N-methyl/N-ethyl adjacent to an activating group) is 1. The third kappa shape index (κ3) is 8.23. The van der Waals surface area contributed by atoms with Gasteiger partial charge in [-0.25, -0.2) is 4.98 Å². The third-order valence-corrected chi connectivity index (χ3v) is 5.35. The molecule has 8 nitrogen and oxygen atoms in total. The molecule has 9 heteroatoms. The van der Waals surface area contributed by atoms with Crippen LogP contribution in [-0.4, -0.2) is 92.2 Å². The maximum absolute atomic E-state index is 12.3. The molecule has 0 spiro atoms. The van der Waals surface area contributed by atoms with Crippen LogP contribution in [0.25, 0.3) is 0 Å². The zero-order chi connectivity index (χ0) is 22.1. The Kier molecular flexibility index (Phi) is 9.30. The molecule has 1 aliphatic heterocycles. The van der Waals surface area contributed by atoms with Crippen molar-refractivity contribution in [3.63, 3.8) is 0 Å². The van der Waals surface area contributed by atoms with E-state index in [9.17, 15) is 4.79 Å². The molecule has 0 atom stereocenters. The predicted molar refractivity (Wildman–Crippen MR) is 120 cm³/mol. The molecule has 2 heterocycles. The maximum Gasteiger partial charge on any atom is 0.273 e. The molecule has 31 heavy (non-hydrogen) atoms. The summed E-state index contributed by atoms with van der Waals surface area (Å²) in [5, 5.41) is 3.58. The zero-order valence-electron chi connectivity index (χ0n) is 18.3. The van der Waals surface area contributed by atoms with Gasteiger partial charge in [0.1, 0.15) is 6.26 Å². The fraction of sp³-hybridized carbons (Fsp3) is 0.545. The van der Waals surface area contributed by atoms with E-state index < -0.39 is 0 Å². The van der Waals surface area contributed by atoms with E-state index in [0.717, 1.165) is 63.1 Å². The molecule has 1 fully saturated rings. The first-order chi connectivity index (χ1) is 15.0. The zero-order valence-corrected chi connectivity index (χ0v) is 19.1. The molecule has 0 aliphatic carbocycles. The number of hydrogen-bond donors (Lipinski definition) is 1. The van der Waals surface area contributed by atoms with Crippen molar-refractivity contribution in [3.05, 3.63) is 52.7 Å². The molecule has 0 saturated carbocycles. The van der Waals surface area contributed by atoms with Gasteiger partial charge in [0.25, 0.3) is 5.91 Å². The highest BCUT2D eigenvalue weighted by molar-refractivity contribution is 6.30. The second-order valence-electron chi connectivity index (χ2n) is 7.98. The predicted octanol–water partition coefficient (Wildman–Crippen LogP) is 1.95. The minimum atomic E-state index is -0.216. The van der Waals surface area contributed by atoms with Gasteiger partial charge in [-0.05, 0) is 31.8 Å². The van der Waals surface area contributed by atoms with Crippen LogP contribution in [0, 0.1) is 0 Å². The average Bonchev–Trinajstić information content (AvgIpc) is 3.21. The summed E-state index contributed by atoms with van der Waals surface area (Å²) in [5.74, 6) is 0.313. The number of hydrogen-bond acceptors (Lipinski definition) is 7. The van der Waals surface area contributed by atoms with Crippen molar-refractivity contribution in [2.75, 3.05) is 66.6 Å². The minimum absolute atomic E-state index is 0.216. The Morgan fingerprint density at radius 1 is 1.23 bits per heavy atom. The van der Waals surface area contributed by atoms with Crippen molar-refractivity contribution in [1.82, 2.24) is 25.0 Å². The Balaban J connectivity index is 1.60. The van der Waals surface area contributed by atoms with E-state index >= 15 is 0 Å². The number of oxazole rings is 1. The van der Waals surface area contributed by atoms with Gasteiger partial charge in [0.2, 0.25) is 5.89 Å². The molecule has 1 aromatic carbocycles. The lowest BCUT2D eigenvalue weighted by Gasteiger charge is -2.29. The Bertz CT molecular complexity index is 823. The molecule has 1 saturated heterocycles. The quantitative estimate of drug-likeness (QED) is 0.562. The second kappa shape index (κ2) is 12.2. The number of rotatable bonds is 11. The minimum Gasteiger partial charge on any atom is -0.447 e. The normalized spacial score (nSPS) is 15.0. The van der Waals surface area contributed by atoms with E-state index in [1.54, 1.807) is 0 Å². The summed E-state index contributed by atoms with van der Waals surface area (Å²) >= 11 is 6.17. The molecule has 3 rings (SSSR count). The lowest BCUT2D eigenvalue weighted by Crippen LogP contribution is -2.41. The maximum atomic E-state index is 12.3. The Hall–Kier alpha value is -1.97. The number of ether oxygens (including phenoxy) is 1. The summed E-state index contributed by atoms with van der Waals surface area (Å²) in [6.07, 6.45) is 1.43.